The minimum absolute atomic E-state index is 0.827. The molecule has 0 saturated carbocycles. The number of hydrogen-bond donors (Lipinski definition) is 1. The van der Waals surface area contributed by atoms with E-state index in [1.165, 1.54) is 19.3 Å². The molecule has 0 atom stereocenters. The maximum absolute atomic E-state index is 5.28. The molecule has 1 saturated heterocycles. The van der Waals surface area contributed by atoms with Crippen molar-refractivity contribution in [1.82, 2.24) is 5.48 Å². The number of hydroxylamine groups is 1. The van der Waals surface area contributed by atoms with Crippen LogP contribution in [-0.2, 0) is 9.57 Å². The van der Waals surface area contributed by atoms with Crippen LogP contribution in [0.4, 0.5) is 0 Å². The third-order valence-electron chi connectivity index (χ3n) is 2.34. The molecule has 72 valence electrons. The van der Waals surface area contributed by atoms with Crippen molar-refractivity contribution in [3.05, 3.63) is 0 Å². The van der Waals surface area contributed by atoms with Crippen LogP contribution in [-0.4, -0.2) is 26.9 Å². The molecule has 1 rings (SSSR count). The Balaban J connectivity index is 1.91. The quantitative estimate of drug-likeness (QED) is 0.503. The normalized spacial score (nSPS) is 19.8. The van der Waals surface area contributed by atoms with E-state index >= 15 is 0 Å². The van der Waals surface area contributed by atoms with Crippen LogP contribution in [0.2, 0.25) is 0 Å². The maximum atomic E-state index is 5.28. The molecule has 0 aromatic rings. The first-order valence-electron chi connectivity index (χ1n) is 4.79. The van der Waals surface area contributed by atoms with Gasteiger partial charge in [0.2, 0.25) is 0 Å². The lowest BCUT2D eigenvalue weighted by Gasteiger charge is -2.21. The van der Waals surface area contributed by atoms with Gasteiger partial charge in [0.05, 0.1) is 6.61 Å². The number of rotatable bonds is 5. The average molecular weight is 173 g/mol. The Morgan fingerprint density at radius 2 is 2.17 bits per heavy atom. The highest BCUT2D eigenvalue weighted by atomic mass is 16.6. The summed E-state index contributed by atoms with van der Waals surface area (Å²) in [5.41, 5.74) is 2.68. The van der Waals surface area contributed by atoms with Gasteiger partial charge in [0.15, 0.2) is 0 Å². The molecule has 1 aliphatic rings. The average Bonchev–Trinajstić information content (AvgIpc) is 2.14. The van der Waals surface area contributed by atoms with Crippen LogP contribution in [0.1, 0.15) is 25.7 Å². The first-order valence-corrected chi connectivity index (χ1v) is 4.79. The predicted octanol–water partition coefficient (Wildman–Crippen LogP) is 1.34. The summed E-state index contributed by atoms with van der Waals surface area (Å²) in [5, 5.41) is 0. The van der Waals surface area contributed by atoms with Crippen molar-refractivity contribution in [2.75, 3.05) is 26.9 Å². The fourth-order valence-electron chi connectivity index (χ4n) is 1.58. The van der Waals surface area contributed by atoms with Crippen molar-refractivity contribution in [3.8, 4) is 0 Å². The Bertz CT molecular complexity index is 103. The first kappa shape index (κ1) is 9.96. The van der Waals surface area contributed by atoms with Crippen LogP contribution in [0.25, 0.3) is 0 Å². The van der Waals surface area contributed by atoms with E-state index in [4.69, 9.17) is 9.57 Å². The molecule has 0 amide bonds. The molecule has 1 heterocycles. The molecule has 1 aliphatic heterocycles. The van der Waals surface area contributed by atoms with Crippen LogP contribution in [0.5, 0.6) is 0 Å². The second-order valence-electron chi connectivity index (χ2n) is 3.25. The van der Waals surface area contributed by atoms with Crippen LogP contribution >= 0.6 is 0 Å². The monoisotopic (exact) mass is 173 g/mol. The standard InChI is InChI=1S/C9H19NO2/c1-10-12-6-2-3-9-4-7-11-8-5-9/h9-10H,2-8H2,1H3. The third kappa shape index (κ3) is 4.04. The number of hydrogen-bond acceptors (Lipinski definition) is 3. The summed E-state index contributed by atoms with van der Waals surface area (Å²) in [5.74, 6) is 0.874. The van der Waals surface area contributed by atoms with E-state index < -0.39 is 0 Å². The molecule has 0 aliphatic carbocycles. The molecule has 0 aromatic heterocycles. The Labute approximate surface area is 74.4 Å². The minimum Gasteiger partial charge on any atom is -0.381 e. The van der Waals surface area contributed by atoms with E-state index in [1.807, 2.05) is 0 Å². The highest BCUT2D eigenvalue weighted by molar-refractivity contribution is 4.62. The van der Waals surface area contributed by atoms with E-state index in [-0.39, 0.29) is 0 Å². The predicted molar refractivity (Wildman–Crippen MR) is 47.8 cm³/mol. The van der Waals surface area contributed by atoms with Gasteiger partial charge in [-0.05, 0) is 31.6 Å². The molecule has 12 heavy (non-hydrogen) atoms. The van der Waals surface area contributed by atoms with Gasteiger partial charge in [-0.15, -0.1) is 0 Å². The highest BCUT2D eigenvalue weighted by Crippen LogP contribution is 2.19. The number of nitrogens with one attached hydrogen (secondary N) is 1. The molecule has 0 radical (unpaired) electrons. The van der Waals surface area contributed by atoms with Gasteiger partial charge < -0.3 is 9.57 Å². The van der Waals surface area contributed by atoms with Crippen molar-refractivity contribution in [2.45, 2.75) is 25.7 Å². The summed E-state index contributed by atoms with van der Waals surface area (Å²) >= 11 is 0. The van der Waals surface area contributed by atoms with Gasteiger partial charge >= 0.3 is 0 Å². The van der Waals surface area contributed by atoms with E-state index in [0.717, 1.165) is 32.2 Å². The van der Waals surface area contributed by atoms with Crippen molar-refractivity contribution in [2.24, 2.45) is 5.92 Å². The molecule has 1 fully saturated rings. The van der Waals surface area contributed by atoms with Gasteiger partial charge in [-0.3, -0.25) is 0 Å². The molecule has 0 bridgehead atoms. The molecule has 0 aromatic carbocycles. The molecule has 0 spiro atoms. The van der Waals surface area contributed by atoms with Crippen molar-refractivity contribution < 1.29 is 9.57 Å². The van der Waals surface area contributed by atoms with Gasteiger partial charge in [-0.2, -0.15) is 0 Å². The zero-order valence-electron chi connectivity index (χ0n) is 7.84. The summed E-state index contributed by atoms with van der Waals surface area (Å²) < 4.78 is 5.28. The SMILES string of the molecule is CNOCCCC1CCOCC1. The zero-order valence-corrected chi connectivity index (χ0v) is 7.84. The lowest BCUT2D eigenvalue weighted by atomic mass is 9.95. The topological polar surface area (TPSA) is 30.5 Å². The lowest BCUT2D eigenvalue weighted by Crippen LogP contribution is -2.16. The fourth-order valence-corrected chi connectivity index (χ4v) is 1.58. The summed E-state index contributed by atoms with van der Waals surface area (Å²) in [7, 11) is 1.80. The maximum Gasteiger partial charge on any atom is 0.0682 e. The molecular formula is C9H19NO2. The largest absolute Gasteiger partial charge is 0.381 e. The third-order valence-corrected chi connectivity index (χ3v) is 2.34. The molecule has 0 unspecified atom stereocenters. The lowest BCUT2D eigenvalue weighted by molar-refractivity contribution is 0.0394. The molecule has 3 nitrogen and oxygen atoms in total. The van der Waals surface area contributed by atoms with Crippen molar-refractivity contribution >= 4 is 0 Å². The van der Waals surface area contributed by atoms with Crippen LogP contribution in [0.3, 0.4) is 0 Å². The van der Waals surface area contributed by atoms with Gasteiger partial charge in [-0.25, -0.2) is 5.48 Å². The Morgan fingerprint density at radius 1 is 1.42 bits per heavy atom. The highest BCUT2D eigenvalue weighted by Gasteiger charge is 2.12. The van der Waals surface area contributed by atoms with Gasteiger partial charge in [0.1, 0.15) is 0 Å². The first-order chi connectivity index (χ1) is 5.93. The van der Waals surface area contributed by atoms with Crippen LogP contribution in [0, 0.1) is 5.92 Å². The second-order valence-corrected chi connectivity index (χ2v) is 3.25. The fraction of sp³-hybridized carbons (Fsp3) is 1.00. The number of ether oxygens (including phenoxy) is 1. The molecule has 3 heteroatoms. The second kappa shape index (κ2) is 6.40. The minimum atomic E-state index is 0.827. The summed E-state index contributed by atoms with van der Waals surface area (Å²) in [6, 6.07) is 0. The smallest absolute Gasteiger partial charge is 0.0682 e. The summed E-state index contributed by atoms with van der Waals surface area (Å²) in [4.78, 5) is 5.04. The van der Waals surface area contributed by atoms with Crippen LogP contribution in [0.15, 0.2) is 0 Å². The Hall–Kier alpha value is -0.120. The summed E-state index contributed by atoms with van der Waals surface area (Å²) in [6.07, 6.45) is 4.91. The van der Waals surface area contributed by atoms with Crippen molar-refractivity contribution in [3.63, 3.8) is 0 Å². The molecule has 1 N–H and O–H groups in total. The van der Waals surface area contributed by atoms with E-state index in [2.05, 4.69) is 5.48 Å². The van der Waals surface area contributed by atoms with Gasteiger partial charge in [-0.1, -0.05) is 0 Å². The van der Waals surface area contributed by atoms with E-state index in [9.17, 15) is 0 Å². The van der Waals surface area contributed by atoms with Gasteiger partial charge in [0.25, 0.3) is 0 Å². The Morgan fingerprint density at radius 3 is 2.83 bits per heavy atom. The van der Waals surface area contributed by atoms with E-state index in [0.29, 0.717) is 0 Å². The molecular weight excluding hydrogens is 154 g/mol. The zero-order chi connectivity index (χ0) is 8.65. The van der Waals surface area contributed by atoms with Gasteiger partial charge in [0, 0.05) is 20.3 Å². The van der Waals surface area contributed by atoms with Crippen LogP contribution < -0.4 is 5.48 Å². The summed E-state index contributed by atoms with van der Waals surface area (Å²) in [6.45, 7) is 2.74. The Kier molecular flexibility index (Phi) is 5.32. The van der Waals surface area contributed by atoms with E-state index in [1.54, 1.807) is 7.05 Å². The van der Waals surface area contributed by atoms with Crippen molar-refractivity contribution in [1.29, 1.82) is 0 Å².